The van der Waals surface area contributed by atoms with E-state index in [0.717, 1.165) is 37.2 Å². The van der Waals surface area contributed by atoms with Gasteiger partial charge in [0.25, 0.3) is 5.70 Å². The van der Waals surface area contributed by atoms with Gasteiger partial charge in [0, 0.05) is 30.2 Å². The van der Waals surface area contributed by atoms with Crippen LogP contribution in [0, 0.1) is 24.8 Å². The van der Waals surface area contributed by atoms with Crippen LogP contribution in [0.4, 0.5) is 11.4 Å². The molecule has 0 saturated heterocycles. The highest BCUT2D eigenvalue weighted by molar-refractivity contribution is 7.96. The summed E-state index contributed by atoms with van der Waals surface area (Å²) in [6.45, 7) is 15.8. The molecule has 38 heavy (non-hydrogen) atoms. The number of allylic oxidation sites excluding steroid dienone is 2. The Kier molecular flexibility index (Phi) is 10.5. The van der Waals surface area contributed by atoms with Crippen molar-refractivity contribution in [3.63, 3.8) is 0 Å². The molecule has 1 heterocycles. The molecule has 0 unspecified atom stereocenters. The largest absolute Gasteiger partial charge is 0.372 e. The molecule has 0 radical (unpaired) electrons. The van der Waals surface area contributed by atoms with E-state index in [9.17, 15) is 13.7 Å². The van der Waals surface area contributed by atoms with Gasteiger partial charge in [0.05, 0.1) is 23.2 Å². The fourth-order valence-electron chi connectivity index (χ4n) is 4.66. The standard InChI is InChI=1S/C31H36N4O2S/c1-5-7-9-13-19-35(20-14-10-8-6-2)25-17-18-27(24(3)21-25)34-23-30-31(28(22-32)33-4)26-15-11-12-16-29(26)38(30,36)37/h11-12,15-18,21H,5-10,13-14,19-20H2,1-3H3. The van der Waals surface area contributed by atoms with E-state index in [2.05, 4.69) is 40.5 Å². The molecule has 1 aliphatic heterocycles. The van der Waals surface area contributed by atoms with Crippen LogP contribution in [-0.4, -0.2) is 27.4 Å². The van der Waals surface area contributed by atoms with Crippen LogP contribution in [0.2, 0.25) is 0 Å². The quantitative estimate of drug-likeness (QED) is 0.122. The third kappa shape index (κ3) is 6.62. The molecule has 0 bridgehead atoms. The highest BCUT2D eigenvalue weighted by atomic mass is 32.2. The van der Waals surface area contributed by atoms with Gasteiger partial charge in [-0.05, 0) is 55.2 Å². The van der Waals surface area contributed by atoms with E-state index in [1.807, 2.05) is 25.1 Å². The number of hydrogen-bond acceptors (Lipinski definition) is 5. The molecule has 0 aromatic heterocycles. The number of aliphatic imine (C=N–C) groups is 1. The van der Waals surface area contributed by atoms with Gasteiger partial charge in [-0.25, -0.2) is 23.5 Å². The van der Waals surface area contributed by atoms with Crippen LogP contribution in [0.15, 0.2) is 63.0 Å². The van der Waals surface area contributed by atoms with E-state index in [-0.39, 0.29) is 21.1 Å². The number of unbranched alkanes of at least 4 members (excludes halogenated alkanes) is 6. The summed E-state index contributed by atoms with van der Waals surface area (Å²) in [5, 5.41) is 9.50. The molecular formula is C31H36N4O2S. The van der Waals surface area contributed by atoms with E-state index >= 15 is 0 Å². The summed E-state index contributed by atoms with van der Waals surface area (Å²) >= 11 is 0. The zero-order chi connectivity index (χ0) is 27.5. The maximum Gasteiger partial charge on any atom is 0.271 e. The van der Waals surface area contributed by atoms with Crippen LogP contribution in [0.25, 0.3) is 10.4 Å². The third-order valence-corrected chi connectivity index (χ3v) is 8.55. The molecule has 2 aromatic rings. The lowest BCUT2D eigenvalue weighted by Crippen LogP contribution is -2.25. The summed E-state index contributed by atoms with van der Waals surface area (Å²) in [4.78, 5) is 9.96. The Morgan fingerprint density at radius 3 is 2.24 bits per heavy atom. The van der Waals surface area contributed by atoms with Gasteiger partial charge in [-0.15, -0.1) is 0 Å². The number of hydrogen-bond donors (Lipinski definition) is 0. The van der Waals surface area contributed by atoms with Gasteiger partial charge in [-0.3, -0.25) is 0 Å². The summed E-state index contributed by atoms with van der Waals surface area (Å²) in [5.74, 6) is 2.71. The van der Waals surface area contributed by atoms with E-state index in [1.165, 1.54) is 44.6 Å². The lowest BCUT2D eigenvalue weighted by Gasteiger charge is -2.25. The molecule has 6 nitrogen and oxygen atoms in total. The average Bonchev–Trinajstić information content (AvgIpc) is 3.14. The predicted molar refractivity (Wildman–Crippen MR) is 155 cm³/mol. The Hall–Kier alpha value is -3.64. The first kappa shape index (κ1) is 28.9. The first-order valence-electron chi connectivity index (χ1n) is 13.4. The Morgan fingerprint density at radius 1 is 1.00 bits per heavy atom. The number of nitriles is 1. The molecule has 2 aromatic carbocycles. The molecule has 3 rings (SSSR count). The minimum atomic E-state index is -3.94. The van der Waals surface area contributed by atoms with Crippen LogP contribution < -0.4 is 4.90 Å². The molecule has 0 atom stereocenters. The van der Waals surface area contributed by atoms with Crippen LogP contribution >= 0.6 is 0 Å². The first-order valence-corrected chi connectivity index (χ1v) is 14.9. The smallest absolute Gasteiger partial charge is 0.271 e. The van der Waals surface area contributed by atoms with E-state index < -0.39 is 9.84 Å². The van der Waals surface area contributed by atoms with Gasteiger partial charge in [0.2, 0.25) is 9.84 Å². The van der Waals surface area contributed by atoms with Crippen molar-refractivity contribution in [1.82, 2.24) is 0 Å². The Bertz CT molecular complexity index is 1410. The zero-order valence-electron chi connectivity index (χ0n) is 22.6. The third-order valence-electron chi connectivity index (χ3n) is 6.78. The zero-order valence-corrected chi connectivity index (χ0v) is 23.4. The number of anilines is 1. The lowest BCUT2D eigenvalue weighted by atomic mass is 10.0. The van der Waals surface area contributed by atoms with E-state index in [0.29, 0.717) is 11.3 Å². The number of fused-ring (bicyclic) bond motifs is 1. The maximum atomic E-state index is 13.3. The fourth-order valence-corrected chi connectivity index (χ4v) is 6.24. The highest BCUT2D eigenvalue weighted by Gasteiger charge is 2.38. The minimum Gasteiger partial charge on any atom is -0.372 e. The summed E-state index contributed by atoms with van der Waals surface area (Å²) in [5.41, 5.74) is 2.78. The highest BCUT2D eigenvalue weighted by Crippen LogP contribution is 2.43. The van der Waals surface area contributed by atoms with Crippen LogP contribution in [-0.2, 0) is 9.84 Å². The minimum absolute atomic E-state index is 0.0676. The molecule has 0 amide bonds. The van der Waals surface area contributed by atoms with Crippen molar-refractivity contribution >= 4 is 32.7 Å². The van der Waals surface area contributed by atoms with Gasteiger partial charge < -0.3 is 4.90 Å². The number of aryl methyl sites for hydroxylation is 1. The van der Waals surface area contributed by atoms with Crippen molar-refractivity contribution in [3.05, 3.63) is 75.6 Å². The van der Waals surface area contributed by atoms with Gasteiger partial charge in [0.1, 0.15) is 4.91 Å². The van der Waals surface area contributed by atoms with Crippen LogP contribution in [0.1, 0.15) is 76.3 Å². The molecule has 0 spiro atoms. The summed E-state index contributed by atoms with van der Waals surface area (Å²) in [6, 6.07) is 14.3. The Morgan fingerprint density at radius 2 is 1.66 bits per heavy atom. The SMILES string of the molecule is [C-]#[N+]C(C#N)=C1C(=C=Nc2ccc(N(CCCCCC)CCCCCC)cc2C)S(=O)(=O)c2ccccc21. The predicted octanol–water partition coefficient (Wildman–Crippen LogP) is 7.79. The van der Waals surface area contributed by atoms with E-state index in [1.54, 1.807) is 18.2 Å². The van der Waals surface area contributed by atoms with Gasteiger partial charge >= 0.3 is 0 Å². The van der Waals surface area contributed by atoms with Crippen molar-refractivity contribution in [1.29, 1.82) is 5.26 Å². The van der Waals surface area contributed by atoms with Crippen molar-refractivity contribution in [2.45, 2.75) is 77.0 Å². The molecule has 1 aliphatic rings. The normalized spacial score (nSPS) is 14.7. The monoisotopic (exact) mass is 528 g/mol. The molecule has 0 fully saturated rings. The molecular weight excluding hydrogens is 492 g/mol. The van der Waals surface area contributed by atoms with Crippen molar-refractivity contribution in [2.24, 2.45) is 4.99 Å². The van der Waals surface area contributed by atoms with Gasteiger partial charge in [-0.2, -0.15) is 0 Å². The van der Waals surface area contributed by atoms with Crippen LogP contribution in [0.5, 0.6) is 0 Å². The van der Waals surface area contributed by atoms with Gasteiger partial charge in [-0.1, -0.05) is 70.6 Å². The fraction of sp³-hybridized carbons (Fsp3) is 0.419. The summed E-state index contributed by atoms with van der Waals surface area (Å²) in [7, 11) is -3.94. The molecule has 0 N–H and O–H groups in total. The number of sulfone groups is 1. The Balaban J connectivity index is 1.97. The number of benzene rings is 2. The first-order chi connectivity index (χ1) is 18.4. The van der Waals surface area contributed by atoms with Gasteiger partial charge in [0.15, 0.2) is 0 Å². The summed E-state index contributed by atoms with van der Waals surface area (Å²) in [6.07, 6.45) is 9.66. The van der Waals surface area contributed by atoms with Crippen molar-refractivity contribution in [3.8, 4) is 6.07 Å². The molecule has 0 aliphatic carbocycles. The second kappa shape index (κ2) is 13.8. The van der Waals surface area contributed by atoms with E-state index in [4.69, 9.17) is 6.57 Å². The molecule has 0 saturated carbocycles. The number of rotatable bonds is 12. The topological polar surface area (TPSA) is 77.9 Å². The Labute approximate surface area is 227 Å². The number of nitrogens with zero attached hydrogens (tertiary/aromatic N) is 4. The van der Waals surface area contributed by atoms with Crippen LogP contribution in [0.3, 0.4) is 0 Å². The maximum absolute atomic E-state index is 13.3. The molecule has 7 heteroatoms. The second-order valence-electron chi connectivity index (χ2n) is 9.58. The molecule has 198 valence electrons. The second-order valence-corrected chi connectivity index (χ2v) is 11.4. The van der Waals surface area contributed by atoms with Crippen molar-refractivity contribution in [2.75, 3.05) is 18.0 Å². The van der Waals surface area contributed by atoms with Crippen molar-refractivity contribution < 1.29 is 8.42 Å². The summed E-state index contributed by atoms with van der Waals surface area (Å²) < 4.78 is 26.5. The average molecular weight is 529 g/mol. The lowest BCUT2D eigenvalue weighted by molar-refractivity contribution is 0.605.